The van der Waals surface area contributed by atoms with Crippen molar-refractivity contribution in [2.45, 2.75) is 37.1 Å². The number of amides is 1. The van der Waals surface area contributed by atoms with Crippen molar-refractivity contribution in [1.29, 1.82) is 0 Å². The van der Waals surface area contributed by atoms with Gasteiger partial charge < -0.3 is 10.2 Å². The van der Waals surface area contributed by atoms with Crippen molar-refractivity contribution in [2.24, 2.45) is 0 Å². The maximum absolute atomic E-state index is 13.0. The molecule has 30 heavy (non-hydrogen) atoms. The van der Waals surface area contributed by atoms with Crippen molar-refractivity contribution in [3.05, 3.63) is 59.9 Å². The van der Waals surface area contributed by atoms with Gasteiger partial charge in [-0.25, -0.2) is 12.8 Å². The fourth-order valence-electron chi connectivity index (χ4n) is 3.46. The molecule has 0 radical (unpaired) electrons. The highest BCUT2D eigenvalue weighted by atomic mass is 32.2. The number of carbonyl (C=O) groups excluding carboxylic acids is 1. The molecule has 0 aliphatic carbocycles. The van der Waals surface area contributed by atoms with Gasteiger partial charge in [-0.2, -0.15) is 4.31 Å². The van der Waals surface area contributed by atoms with Crippen LogP contribution in [0.15, 0.2) is 53.4 Å². The van der Waals surface area contributed by atoms with Crippen LogP contribution >= 0.6 is 0 Å². The summed E-state index contributed by atoms with van der Waals surface area (Å²) in [6.45, 7) is 1.49. The molecule has 1 aliphatic heterocycles. The summed E-state index contributed by atoms with van der Waals surface area (Å²) in [5, 5.41) is 3.01. The van der Waals surface area contributed by atoms with E-state index in [4.69, 9.17) is 0 Å². The average Bonchev–Trinajstić information content (AvgIpc) is 3.04. The predicted octanol–water partition coefficient (Wildman–Crippen LogP) is 3.46. The van der Waals surface area contributed by atoms with E-state index < -0.39 is 10.0 Å². The number of hydrogen-bond acceptors (Lipinski definition) is 4. The third-order valence-electron chi connectivity index (χ3n) is 5.24. The van der Waals surface area contributed by atoms with E-state index in [0.29, 0.717) is 25.3 Å². The lowest BCUT2D eigenvalue weighted by Gasteiger charge is -2.21. The van der Waals surface area contributed by atoms with Crippen molar-refractivity contribution >= 4 is 21.6 Å². The number of nitrogens with zero attached hydrogens (tertiary/aromatic N) is 2. The number of likely N-dealkylation sites (N-methyl/N-ethyl adjacent to an activating group) is 1. The predicted molar refractivity (Wildman–Crippen MR) is 115 cm³/mol. The van der Waals surface area contributed by atoms with Gasteiger partial charge >= 0.3 is 0 Å². The molecule has 0 aromatic heterocycles. The molecule has 162 valence electrons. The van der Waals surface area contributed by atoms with Gasteiger partial charge in [-0.3, -0.25) is 4.79 Å². The lowest BCUT2D eigenvalue weighted by molar-refractivity contribution is -0.128. The molecule has 2 aromatic carbocycles. The second-order valence-electron chi connectivity index (χ2n) is 7.58. The van der Waals surface area contributed by atoms with Crippen LogP contribution in [-0.4, -0.2) is 50.2 Å². The van der Waals surface area contributed by atoms with Crippen molar-refractivity contribution in [3.63, 3.8) is 0 Å². The van der Waals surface area contributed by atoms with Crippen LogP contribution in [-0.2, 0) is 21.4 Å². The van der Waals surface area contributed by atoms with Crippen LogP contribution in [0, 0.1) is 5.82 Å². The molecule has 1 fully saturated rings. The maximum atomic E-state index is 13.0. The Morgan fingerprint density at radius 1 is 1.07 bits per heavy atom. The third kappa shape index (κ3) is 5.79. The van der Waals surface area contributed by atoms with Gasteiger partial charge in [0.1, 0.15) is 5.82 Å². The Balaban J connectivity index is 1.60. The highest BCUT2D eigenvalue weighted by Crippen LogP contribution is 2.22. The molecule has 3 rings (SSSR count). The van der Waals surface area contributed by atoms with E-state index in [0.717, 1.165) is 31.2 Å². The molecule has 1 amide bonds. The summed E-state index contributed by atoms with van der Waals surface area (Å²) in [6, 6.07) is 12.6. The average molecular weight is 434 g/mol. The number of carbonyl (C=O) groups is 1. The van der Waals surface area contributed by atoms with E-state index in [9.17, 15) is 17.6 Å². The number of sulfonamides is 1. The van der Waals surface area contributed by atoms with Crippen molar-refractivity contribution in [2.75, 3.05) is 32.0 Å². The summed E-state index contributed by atoms with van der Waals surface area (Å²) < 4.78 is 40.5. The Morgan fingerprint density at radius 2 is 1.73 bits per heavy atom. The number of benzene rings is 2. The summed E-state index contributed by atoms with van der Waals surface area (Å²) in [7, 11) is -1.87. The van der Waals surface area contributed by atoms with Crippen LogP contribution in [0.4, 0.5) is 10.1 Å². The fourth-order valence-corrected chi connectivity index (χ4v) is 5.03. The number of anilines is 1. The second kappa shape index (κ2) is 10.0. The van der Waals surface area contributed by atoms with Gasteiger partial charge in [0.25, 0.3) is 0 Å². The zero-order chi connectivity index (χ0) is 21.6. The smallest absolute Gasteiger partial charge is 0.243 e. The molecule has 0 spiro atoms. The summed E-state index contributed by atoms with van der Waals surface area (Å²) in [4.78, 5) is 14.2. The van der Waals surface area contributed by atoms with Crippen LogP contribution in [0.1, 0.15) is 31.2 Å². The van der Waals surface area contributed by atoms with Crippen molar-refractivity contribution in [1.82, 2.24) is 9.21 Å². The highest BCUT2D eigenvalue weighted by Gasteiger charge is 2.25. The van der Waals surface area contributed by atoms with Crippen molar-refractivity contribution in [3.8, 4) is 0 Å². The zero-order valence-corrected chi connectivity index (χ0v) is 18.0. The van der Waals surface area contributed by atoms with Crippen LogP contribution in [0.5, 0.6) is 0 Å². The lowest BCUT2D eigenvalue weighted by Crippen LogP contribution is -2.32. The summed E-state index contributed by atoms with van der Waals surface area (Å²) in [5.41, 5.74) is 1.41. The monoisotopic (exact) mass is 433 g/mol. The Bertz CT molecular complexity index is 956. The Labute approximate surface area is 177 Å². The second-order valence-corrected chi connectivity index (χ2v) is 9.51. The fraction of sp³-hybridized carbons (Fsp3) is 0.409. The van der Waals surface area contributed by atoms with Gasteiger partial charge in [0.05, 0.1) is 11.4 Å². The normalized spacial score (nSPS) is 15.4. The molecule has 6 nitrogen and oxygen atoms in total. The van der Waals surface area contributed by atoms with E-state index in [2.05, 4.69) is 5.32 Å². The summed E-state index contributed by atoms with van der Waals surface area (Å²) in [6.07, 6.45) is 3.88. The topological polar surface area (TPSA) is 69.7 Å². The molecule has 1 saturated heterocycles. The SMILES string of the molecule is CN(Cc1ccc(F)cc1)C(=O)CNc1cccc(S(=O)(=O)N2CCCCCC2)c1. The molecule has 0 unspecified atom stereocenters. The van der Waals surface area contributed by atoms with Gasteiger partial charge in [0.2, 0.25) is 15.9 Å². The van der Waals surface area contributed by atoms with E-state index in [1.54, 1.807) is 47.8 Å². The number of halogens is 1. The van der Waals surface area contributed by atoms with E-state index in [1.807, 2.05) is 0 Å². The van der Waals surface area contributed by atoms with Gasteiger partial charge in [0, 0.05) is 32.4 Å². The first-order chi connectivity index (χ1) is 14.4. The van der Waals surface area contributed by atoms with E-state index in [1.165, 1.54) is 17.0 Å². The molecule has 2 aromatic rings. The standard InChI is InChI=1S/C22H28FN3O3S/c1-25(17-18-9-11-19(23)12-10-18)22(27)16-24-20-7-6-8-21(15-20)30(28,29)26-13-4-2-3-5-14-26/h6-12,15,24H,2-5,13-14,16-17H2,1H3. The van der Waals surface area contributed by atoms with Gasteiger partial charge in [0.15, 0.2) is 0 Å². The van der Waals surface area contributed by atoms with E-state index in [-0.39, 0.29) is 23.2 Å². The van der Waals surface area contributed by atoms with Gasteiger partial charge in [-0.1, -0.05) is 31.0 Å². The number of rotatable bonds is 7. The first kappa shape index (κ1) is 22.2. The minimum Gasteiger partial charge on any atom is -0.376 e. The Morgan fingerprint density at radius 3 is 2.40 bits per heavy atom. The number of hydrogen-bond donors (Lipinski definition) is 1. The first-order valence-electron chi connectivity index (χ1n) is 10.2. The molecule has 1 aliphatic rings. The molecule has 0 bridgehead atoms. The highest BCUT2D eigenvalue weighted by molar-refractivity contribution is 7.89. The Hall–Kier alpha value is -2.45. The van der Waals surface area contributed by atoms with Gasteiger partial charge in [-0.05, 0) is 48.7 Å². The van der Waals surface area contributed by atoms with Crippen LogP contribution in [0.3, 0.4) is 0 Å². The largest absolute Gasteiger partial charge is 0.376 e. The summed E-state index contributed by atoms with van der Waals surface area (Å²) in [5.74, 6) is -0.468. The molecule has 8 heteroatoms. The van der Waals surface area contributed by atoms with E-state index >= 15 is 0 Å². The molecular formula is C22H28FN3O3S. The minimum absolute atomic E-state index is 0.0326. The van der Waals surface area contributed by atoms with Crippen LogP contribution < -0.4 is 5.32 Å². The summed E-state index contributed by atoms with van der Waals surface area (Å²) >= 11 is 0. The lowest BCUT2D eigenvalue weighted by atomic mass is 10.2. The van der Waals surface area contributed by atoms with Crippen molar-refractivity contribution < 1.29 is 17.6 Å². The quantitative estimate of drug-likeness (QED) is 0.726. The van der Waals surface area contributed by atoms with Gasteiger partial charge in [-0.15, -0.1) is 0 Å². The minimum atomic E-state index is -3.54. The first-order valence-corrected chi connectivity index (χ1v) is 11.6. The maximum Gasteiger partial charge on any atom is 0.243 e. The molecule has 1 N–H and O–H groups in total. The van der Waals surface area contributed by atoms with Crippen LogP contribution in [0.2, 0.25) is 0 Å². The molecule has 0 atom stereocenters. The van der Waals surface area contributed by atoms with Crippen LogP contribution in [0.25, 0.3) is 0 Å². The number of nitrogens with one attached hydrogen (secondary N) is 1. The molecular weight excluding hydrogens is 405 g/mol. The Kier molecular flexibility index (Phi) is 7.44. The molecule has 1 heterocycles. The third-order valence-corrected chi connectivity index (χ3v) is 7.13. The molecule has 0 saturated carbocycles. The zero-order valence-electron chi connectivity index (χ0n) is 17.2.